The third-order valence-corrected chi connectivity index (χ3v) is 7.12. The summed E-state index contributed by atoms with van der Waals surface area (Å²) in [6.45, 7) is 3.00. The van der Waals surface area contributed by atoms with Crippen molar-refractivity contribution in [2.45, 2.75) is 11.3 Å². The smallest absolute Gasteiger partial charge is 0.251 e. The fourth-order valence-electron chi connectivity index (χ4n) is 2.82. The topological polar surface area (TPSA) is 75.7 Å². The Morgan fingerprint density at radius 2 is 2.12 bits per heavy atom. The van der Waals surface area contributed by atoms with Crippen LogP contribution in [0.5, 0.6) is 0 Å². The van der Waals surface area contributed by atoms with Gasteiger partial charge in [0, 0.05) is 49.2 Å². The Labute approximate surface area is 147 Å². The third kappa shape index (κ3) is 4.11. The van der Waals surface area contributed by atoms with Crippen LogP contribution in [0, 0.1) is 5.92 Å². The van der Waals surface area contributed by atoms with Crippen LogP contribution in [0.15, 0.2) is 29.2 Å². The van der Waals surface area contributed by atoms with Gasteiger partial charge in [-0.25, -0.2) is 8.42 Å². The van der Waals surface area contributed by atoms with Gasteiger partial charge in [0.1, 0.15) is 0 Å². The van der Waals surface area contributed by atoms with Gasteiger partial charge in [0.05, 0.1) is 11.5 Å². The van der Waals surface area contributed by atoms with E-state index in [0.717, 1.165) is 24.5 Å². The number of carbonyl (C=O) groups excluding carboxylic acids is 1. The predicted molar refractivity (Wildman–Crippen MR) is 93.8 cm³/mol. The van der Waals surface area contributed by atoms with Gasteiger partial charge in [-0.2, -0.15) is 16.1 Å². The normalized spacial score (nSPS) is 22.4. The number of rotatable bonds is 5. The first kappa shape index (κ1) is 17.7. The van der Waals surface area contributed by atoms with E-state index in [2.05, 4.69) is 5.32 Å². The molecule has 2 saturated heterocycles. The third-order valence-electron chi connectivity index (χ3n) is 4.28. The highest BCUT2D eigenvalue weighted by molar-refractivity contribution is 7.99. The van der Waals surface area contributed by atoms with E-state index >= 15 is 0 Å². The Balaban J connectivity index is 1.69. The molecular formula is C16H22N2O4S2. The Bertz CT molecular complexity index is 681. The number of benzene rings is 1. The second kappa shape index (κ2) is 7.86. The predicted octanol–water partition coefficient (Wildman–Crippen LogP) is 1.19. The molecule has 1 unspecified atom stereocenters. The molecule has 3 rings (SSSR count). The van der Waals surface area contributed by atoms with Gasteiger partial charge in [0.15, 0.2) is 0 Å². The molecule has 0 radical (unpaired) electrons. The van der Waals surface area contributed by atoms with Crippen molar-refractivity contribution in [2.24, 2.45) is 5.92 Å². The molecule has 0 bridgehead atoms. The summed E-state index contributed by atoms with van der Waals surface area (Å²) < 4.78 is 32.2. The lowest BCUT2D eigenvalue weighted by molar-refractivity contribution is 0.0945. The number of nitrogens with zero attached hydrogens (tertiary/aromatic N) is 1. The molecule has 2 fully saturated rings. The van der Waals surface area contributed by atoms with Crippen molar-refractivity contribution < 1.29 is 17.9 Å². The van der Waals surface area contributed by atoms with Crippen LogP contribution >= 0.6 is 11.8 Å². The fraction of sp³-hybridized carbons (Fsp3) is 0.562. The number of hydrogen-bond acceptors (Lipinski definition) is 5. The summed E-state index contributed by atoms with van der Waals surface area (Å²) in [5, 5.41) is 2.87. The highest BCUT2D eigenvalue weighted by Crippen LogP contribution is 2.21. The zero-order valence-electron chi connectivity index (χ0n) is 13.4. The molecule has 2 aliphatic rings. The summed E-state index contributed by atoms with van der Waals surface area (Å²) in [6, 6.07) is 6.29. The summed E-state index contributed by atoms with van der Waals surface area (Å²) in [6.07, 6.45) is 0.946. The molecule has 24 heavy (non-hydrogen) atoms. The van der Waals surface area contributed by atoms with Gasteiger partial charge in [-0.1, -0.05) is 6.07 Å². The van der Waals surface area contributed by atoms with E-state index in [1.807, 2.05) is 0 Å². The highest BCUT2D eigenvalue weighted by atomic mass is 32.2. The van der Waals surface area contributed by atoms with Crippen molar-refractivity contribution in [2.75, 3.05) is 44.4 Å². The summed E-state index contributed by atoms with van der Waals surface area (Å²) >= 11 is 1.76. The number of thioether (sulfide) groups is 1. The van der Waals surface area contributed by atoms with Crippen LogP contribution in [0.3, 0.4) is 0 Å². The lowest BCUT2D eigenvalue weighted by Gasteiger charge is -2.25. The summed E-state index contributed by atoms with van der Waals surface area (Å²) in [5.41, 5.74) is 0.376. The van der Waals surface area contributed by atoms with Gasteiger partial charge in [-0.3, -0.25) is 4.79 Å². The minimum absolute atomic E-state index is 0.186. The number of hydrogen-bond donors (Lipinski definition) is 1. The van der Waals surface area contributed by atoms with E-state index in [0.29, 0.717) is 37.7 Å². The van der Waals surface area contributed by atoms with E-state index in [1.54, 1.807) is 30.0 Å². The van der Waals surface area contributed by atoms with Crippen LogP contribution in [-0.2, 0) is 14.8 Å². The molecule has 132 valence electrons. The van der Waals surface area contributed by atoms with Crippen molar-refractivity contribution in [3.8, 4) is 0 Å². The van der Waals surface area contributed by atoms with Crippen molar-refractivity contribution in [3.05, 3.63) is 29.8 Å². The maximum Gasteiger partial charge on any atom is 0.251 e. The van der Waals surface area contributed by atoms with Crippen LogP contribution in [0.2, 0.25) is 0 Å². The number of amides is 1. The molecule has 0 spiro atoms. The summed E-state index contributed by atoms with van der Waals surface area (Å²) in [7, 11) is -3.53. The summed E-state index contributed by atoms with van der Waals surface area (Å²) in [5.74, 6) is 1.71. The van der Waals surface area contributed by atoms with Gasteiger partial charge in [0.2, 0.25) is 10.0 Å². The van der Waals surface area contributed by atoms with E-state index in [1.165, 1.54) is 10.4 Å². The Morgan fingerprint density at radius 3 is 2.83 bits per heavy atom. The molecular weight excluding hydrogens is 348 g/mol. The number of sulfonamides is 1. The van der Waals surface area contributed by atoms with Crippen LogP contribution in [0.1, 0.15) is 16.8 Å². The van der Waals surface area contributed by atoms with E-state index in [-0.39, 0.29) is 10.8 Å². The lowest BCUT2D eigenvalue weighted by Crippen LogP contribution is -2.38. The minimum Gasteiger partial charge on any atom is -0.381 e. The maximum atomic E-state index is 12.7. The molecule has 1 N–H and O–H groups in total. The van der Waals surface area contributed by atoms with E-state index < -0.39 is 10.0 Å². The van der Waals surface area contributed by atoms with Crippen LogP contribution < -0.4 is 5.32 Å². The first-order chi connectivity index (χ1) is 11.6. The molecule has 8 heteroatoms. The molecule has 1 amide bonds. The van der Waals surface area contributed by atoms with Crippen molar-refractivity contribution in [3.63, 3.8) is 0 Å². The Kier molecular flexibility index (Phi) is 5.80. The highest BCUT2D eigenvalue weighted by Gasteiger charge is 2.26. The zero-order valence-corrected chi connectivity index (χ0v) is 15.1. The SMILES string of the molecule is O=C(NCC1CCOC1)c1cccc(S(=O)(=O)N2CCSCC2)c1. The monoisotopic (exact) mass is 370 g/mol. The molecule has 0 aromatic heterocycles. The second-order valence-corrected chi connectivity index (χ2v) is 9.15. The van der Waals surface area contributed by atoms with Crippen molar-refractivity contribution in [1.82, 2.24) is 9.62 Å². The first-order valence-electron chi connectivity index (χ1n) is 8.11. The number of carbonyl (C=O) groups is 1. The fourth-order valence-corrected chi connectivity index (χ4v) is 5.44. The Morgan fingerprint density at radius 1 is 1.33 bits per heavy atom. The molecule has 2 heterocycles. The van der Waals surface area contributed by atoms with E-state index in [9.17, 15) is 13.2 Å². The van der Waals surface area contributed by atoms with Crippen LogP contribution in [-0.4, -0.2) is 63.0 Å². The largest absolute Gasteiger partial charge is 0.381 e. The standard InChI is InChI=1S/C16H22N2O4S2/c19-16(17-11-13-4-7-22-12-13)14-2-1-3-15(10-14)24(20,21)18-5-8-23-9-6-18/h1-3,10,13H,4-9,11-12H2,(H,17,19). The quantitative estimate of drug-likeness (QED) is 0.843. The molecule has 1 aromatic rings. The van der Waals surface area contributed by atoms with Gasteiger partial charge in [-0.15, -0.1) is 0 Å². The zero-order chi connectivity index (χ0) is 17.0. The van der Waals surface area contributed by atoms with Gasteiger partial charge in [0.25, 0.3) is 5.91 Å². The minimum atomic E-state index is -3.53. The maximum absolute atomic E-state index is 12.7. The number of ether oxygens (including phenoxy) is 1. The van der Waals surface area contributed by atoms with Gasteiger partial charge < -0.3 is 10.1 Å². The molecule has 1 atom stereocenters. The van der Waals surface area contributed by atoms with Crippen LogP contribution in [0.25, 0.3) is 0 Å². The first-order valence-corrected chi connectivity index (χ1v) is 10.7. The number of nitrogens with one attached hydrogen (secondary N) is 1. The van der Waals surface area contributed by atoms with Gasteiger partial charge in [-0.05, 0) is 24.6 Å². The Hall–Kier alpha value is -1.09. The van der Waals surface area contributed by atoms with Gasteiger partial charge >= 0.3 is 0 Å². The lowest BCUT2D eigenvalue weighted by atomic mass is 10.1. The molecule has 2 aliphatic heterocycles. The average Bonchev–Trinajstić information content (AvgIpc) is 3.14. The van der Waals surface area contributed by atoms with E-state index in [4.69, 9.17) is 4.74 Å². The van der Waals surface area contributed by atoms with Crippen LogP contribution in [0.4, 0.5) is 0 Å². The average molecular weight is 370 g/mol. The molecule has 0 aliphatic carbocycles. The molecule has 6 nitrogen and oxygen atoms in total. The molecule has 1 aromatic carbocycles. The second-order valence-electron chi connectivity index (χ2n) is 5.98. The van der Waals surface area contributed by atoms with Crippen molar-refractivity contribution in [1.29, 1.82) is 0 Å². The summed E-state index contributed by atoms with van der Waals surface area (Å²) in [4.78, 5) is 12.5. The van der Waals surface area contributed by atoms with Crippen molar-refractivity contribution >= 4 is 27.7 Å². The molecule has 0 saturated carbocycles.